The molecule has 1 N–H and O–H groups in total. The number of carbonyl (C=O) groups excluding carboxylic acids is 1. The van der Waals surface area contributed by atoms with E-state index >= 15 is 0 Å². The zero-order valence-electron chi connectivity index (χ0n) is 10.1. The minimum absolute atomic E-state index is 0.308. The van der Waals surface area contributed by atoms with Gasteiger partial charge in [0.2, 0.25) is 0 Å². The van der Waals surface area contributed by atoms with Gasteiger partial charge in [-0.2, -0.15) is 0 Å². The Labute approximate surface area is 110 Å². The quantitative estimate of drug-likeness (QED) is 0.724. The van der Waals surface area contributed by atoms with Crippen molar-refractivity contribution in [2.45, 2.75) is 0 Å². The van der Waals surface area contributed by atoms with E-state index in [4.69, 9.17) is 0 Å². The van der Waals surface area contributed by atoms with Crippen LogP contribution in [0.15, 0.2) is 54.6 Å². The summed E-state index contributed by atoms with van der Waals surface area (Å²) >= 11 is 0. The Morgan fingerprint density at radius 3 is 2.16 bits per heavy atom. The van der Waals surface area contributed by atoms with Gasteiger partial charge in [-0.05, 0) is 24.3 Å². The summed E-state index contributed by atoms with van der Waals surface area (Å²) in [5.74, 6) is 0.472. The van der Waals surface area contributed by atoms with Crippen LogP contribution >= 0.6 is 0 Å². The maximum absolute atomic E-state index is 11.1. The number of benzene rings is 2. The summed E-state index contributed by atoms with van der Waals surface area (Å²) in [4.78, 5) is 19.9. The molecule has 0 bridgehead atoms. The summed E-state index contributed by atoms with van der Waals surface area (Å²) in [6, 6.07) is 17.0. The SMILES string of the molecule is O=Cc1nc2ccccc2nc1Nc1ccccc1. The maximum atomic E-state index is 11.1. The van der Waals surface area contributed by atoms with Crippen LogP contribution in [0.2, 0.25) is 0 Å². The Hall–Kier alpha value is -2.75. The number of hydrogen-bond donors (Lipinski definition) is 1. The van der Waals surface area contributed by atoms with Crippen LogP contribution in [0.3, 0.4) is 0 Å². The highest BCUT2D eigenvalue weighted by Crippen LogP contribution is 2.19. The Balaban J connectivity index is 2.09. The molecule has 0 amide bonds. The molecule has 4 nitrogen and oxygen atoms in total. The van der Waals surface area contributed by atoms with Gasteiger partial charge in [-0.1, -0.05) is 30.3 Å². The molecule has 2 aromatic carbocycles. The molecule has 19 heavy (non-hydrogen) atoms. The number of nitrogens with zero attached hydrogens (tertiary/aromatic N) is 2. The van der Waals surface area contributed by atoms with Crippen molar-refractivity contribution >= 4 is 28.8 Å². The average Bonchev–Trinajstić information content (AvgIpc) is 2.47. The van der Waals surface area contributed by atoms with Crippen molar-refractivity contribution in [3.05, 3.63) is 60.3 Å². The van der Waals surface area contributed by atoms with Crippen molar-refractivity contribution in [2.24, 2.45) is 0 Å². The van der Waals surface area contributed by atoms with Crippen molar-refractivity contribution in [1.29, 1.82) is 0 Å². The fourth-order valence-electron chi connectivity index (χ4n) is 1.85. The summed E-state index contributed by atoms with van der Waals surface area (Å²) in [7, 11) is 0. The lowest BCUT2D eigenvalue weighted by Crippen LogP contribution is -2.01. The number of hydrogen-bond acceptors (Lipinski definition) is 4. The lowest BCUT2D eigenvalue weighted by Gasteiger charge is -2.08. The number of para-hydroxylation sites is 3. The molecule has 0 aliphatic rings. The molecule has 1 aromatic heterocycles. The monoisotopic (exact) mass is 249 g/mol. The average molecular weight is 249 g/mol. The molecule has 0 atom stereocenters. The third-order valence-electron chi connectivity index (χ3n) is 2.75. The van der Waals surface area contributed by atoms with Crippen LogP contribution in [-0.2, 0) is 0 Å². The summed E-state index contributed by atoms with van der Waals surface area (Å²) in [5.41, 5.74) is 2.65. The first-order valence-corrected chi connectivity index (χ1v) is 5.91. The van der Waals surface area contributed by atoms with E-state index in [9.17, 15) is 4.79 Å². The Bertz CT molecular complexity index is 726. The van der Waals surface area contributed by atoms with Crippen LogP contribution in [0.1, 0.15) is 10.5 Å². The number of carbonyl (C=O) groups is 1. The highest BCUT2D eigenvalue weighted by atomic mass is 16.1. The predicted molar refractivity (Wildman–Crippen MR) is 74.7 cm³/mol. The molecule has 0 radical (unpaired) electrons. The second-order valence-corrected chi connectivity index (χ2v) is 4.06. The van der Waals surface area contributed by atoms with Gasteiger partial charge in [0.15, 0.2) is 12.1 Å². The van der Waals surface area contributed by atoms with Crippen LogP contribution in [0.25, 0.3) is 11.0 Å². The van der Waals surface area contributed by atoms with Crippen LogP contribution in [0.4, 0.5) is 11.5 Å². The molecule has 0 aliphatic carbocycles. The molecule has 1 heterocycles. The lowest BCUT2D eigenvalue weighted by molar-refractivity contribution is 0.112. The van der Waals surface area contributed by atoms with Crippen LogP contribution < -0.4 is 5.32 Å². The summed E-state index contributed by atoms with van der Waals surface area (Å²) in [6.45, 7) is 0. The van der Waals surface area contributed by atoms with Crippen LogP contribution in [-0.4, -0.2) is 16.3 Å². The van der Waals surface area contributed by atoms with Crippen molar-refractivity contribution in [1.82, 2.24) is 9.97 Å². The van der Waals surface area contributed by atoms with Gasteiger partial charge in [-0.15, -0.1) is 0 Å². The van der Waals surface area contributed by atoms with Gasteiger partial charge in [-0.3, -0.25) is 4.79 Å². The third-order valence-corrected chi connectivity index (χ3v) is 2.75. The highest BCUT2D eigenvalue weighted by Gasteiger charge is 2.07. The molecule has 0 saturated heterocycles. The van der Waals surface area contributed by atoms with Crippen LogP contribution in [0, 0.1) is 0 Å². The Kier molecular flexibility index (Phi) is 2.90. The summed E-state index contributed by atoms with van der Waals surface area (Å²) in [6.07, 6.45) is 0.713. The maximum Gasteiger partial charge on any atom is 0.172 e. The highest BCUT2D eigenvalue weighted by molar-refractivity contribution is 5.87. The van der Waals surface area contributed by atoms with Crippen molar-refractivity contribution < 1.29 is 4.79 Å². The van der Waals surface area contributed by atoms with E-state index in [1.54, 1.807) is 0 Å². The number of aldehydes is 1. The molecule has 0 fully saturated rings. The first kappa shape index (κ1) is 11.3. The molecular formula is C15H11N3O. The van der Waals surface area contributed by atoms with Crippen molar-refractivity contribution in [2.75, 3.05) is 5.32 Å². The molecule has 0 unspecified atom stereocenters. The first-order valence-electron chi connectivity index (χ1n) is 5.91. The second kappa shape index (κ2) is 4.86. The molecule has 92 valence electrons. The van der Waals surface area contributed by atoms with Gasteiger partial charge in [0, 0.05) is 5.69 Å². The fourth-order valence-corrected chi connectivity index (χ4v) is 1.85. The van der Waals surface area contributed by atoms with Gasteiger partial charge >= 0.3 is 0 Å². The van der Waals surface area contributed by atoms with Gasteiger partial charge in [0.1, 0.15) is 5.69 Å². The smallest absolute Gasteiger partial charge is 0.172 e. The molecule has 0 spiro atoms. The number of nitrogens with one attached hydrogen (secondary N) is 1. The van der Waals surface area contributed by atoms with E-state index in [0.717, 1.165) is 11.2 Å². The zero-order chi connectivity index (χ0) is 13.1. The molecule has 4 heteroatoms. The molecule has 3 aromatic rings. The lowest BCUT2D eigenvalue weighted by atomic mass is 10.2. The van der Waals surface area contributed by atoms with E-state index in [1.807, 2.05) is 54.6 Å². The van der Waals surface area contributed by atoms with Gasteiger partial charge in [0.05, 0.1) is 11.0 Å². The minimum atomic E-state index is 0.308. The standard InChI is InChI=1S/C15H11N3O/c19-10-14-15(16-11-6-2-1-3-7-11)18-13-9-5-4-8-12(13)17-14/h1-10H,(H,16,18). The number of anilines is 2. The van der Waals surface area contributed by atoms with E-state index < -0.39 is 0 Å². The number of fused-ring (bicyclic) bond motifs is 1. The van der Waals surface area contributed by atoms with Crippen molar-refractivity contribution in [3.63, 3.8) is 0 Å². The topological polar surface area (TPSA) is 54.9 Å². The second-order valence-electron chi connectivity index (χ2n) is 4.06. The summed E-state index contributed by atoms with van der Waals surface area (Å²) in [5, 5.41) is 3.11. The van der Waals surface area contributed by atoms with E-state index in [0.29, 0.717) is 23.3 Å². The largest absolute Gasteiger partial charge is 0.338 e. The van der Waals surface area contributed by atoms with Gasteiger partial charge in [0.25, 0.3) is 0 Å². The first-order chi connectivity index (χ1) is 9.36. The van der Waals surface area contributed by atoms with Crippen LogP contribution in [0.5, 0.6) is 0 Å². The normalized spacial score (nSPS) is 10.3. The molecular weight excluding hydrogens is 238 g/mol. The molecule has 3 rings (SSSR count). The van der Waals surface area contributed by atoms with E-state index in [-0.39, 0.29) is 0 Å². The Morgan fingerprint density at radius 1 is 0.842 bits per heavy atom. The number of rotatable bonds is 3. The third kappa shape index (κ3) is 2.28. The Morgan fingerprint density at radius 2 is 1.47 bits per heavy atom. The molecule has 0 saturated carbocycles. The van der Waals surface area contributed by atoms with Crippen molar-refractivity contribution in [3.8, 4) is 0 Å². The molecule has 0 aliphatic heterocycles. The zero-order valence-corrected chi connectivity index (χ0v) is 10.1. The van der Waals surface area contributed by atoms with Gasteiger partial charge < -0.3 is 5.32 Å². The van der Waals surface area contributed by atoms with Gasteiger partial charge in [-0.25, -0.2) is 9.97 Å². The number of aromatic nitrogens is 2. The predicted octanol–water partition coefficient (Wildman–Crippen LogP) is 3.19. The summed E-state index contributed by atoms with van der Waals surface area (Å²) < 4.78 is 0. The van der Waals surface area contributed by atoms with E-state index in [2.05, 4.69) is 15.3 Å². The fraction of sp³-hybridized carbons (Fsp3) is 0. The van der Waals surface area contributed by atoms with E-state index in [1.165, 1.54) is 0 Å². The minimum Gasteiger partial charge on any atom is -0.338 e.